The largest absolute Gasteiger partial charge is 0.481 e. The Morgan fingerprint density at radius 2 is 1.74 bits per heavy atom. The molecule has 2 aromatic carbocycles. The van der Waals surface area contributed by atoms with Crippen LogP contribution >= 0.6 is 0 Å². The number of carboxylic acid groups (broad SMARTS) is 1. The minimum absolute atomic E-state index is 0.0776. The van der Waals surface area contributed by atoms with Gasteiger partial charge in [0.2, 0.25) is 11.8 Å². The molecular weight excluding hydrogens is 452 g/mol. The average molecular weight is 481 g/mol. The molecule has 184 valence electrons. The van der Waals surface area contributed by atoms with Crippen LogP contribution in [0.15, 0.2) is 42.5 Å². The molecule has 1 heterocycles. The van der Waals surface area contributed by atoms with E-state index < -0.39 is 24.3 Å². The van der Waals surface area contributed by atoms with Gasteiger partial charge in [0.15, 0.2) is 5.78 Å². The SMILES string of the molecule is CC(=O)c1cccc(NC(=O)Nc2ccc(CNC(=O)[C@H]3CCN(C(=O)CC(=O)O)C3)cc2)c1C. The number of anilines is 2. The third-order valence-corrected chi connectivity index (χ3v) is 5.85. The summed E-state index contributed by atoms with van der Waals surface area (Å²) in [6.07, 6.45) is -0.0822. The maximum atomic E-state index is 12.4. The fourth-order valence-electron chi connectivity index (χ4n) is 3.92. The molecule has 0 aromatic heterocycles. The molecule has 0 unspecified atom stereocenters. The highest BCUT2D eigenvalue weighted by Crippen LogP contribution is 2.20. The van der Waals surface area contributed by atoms with Crippen molar-refractivity contribution in [2.45, 2.75) is 33.2 Å². The van der Waals surface area contributed by atoms with E-state index >= 15 is 0 Å². The van der Waals surface area contributed by atoms with Gasteiger partial charge in [-0.25, -0.2) is 4.79 Å². The first-order chi connectivity index (χ1) is 16.6. The van der Waals surface area contributed by atoms with Crippen molar-refractivity contribution in [3.05, 3.63) is 59.2 Å². The molecule has 3 rings (SSSR count). The predicted octanol–water partition coefficient (Wildman–Crippen LogP) is 2.78. The number of carbonyl (C=O) groups excluding carboxylic acids is 4. The summed E-state index contributed by atoms with van der Waals surface area (Å²) in [5.41, 5.74) is 3.17. The number of hydrogen-bond acceptors (Lipinski definition) is 5. The Morgan fingerprint density at radius 1 is 1.03 bits per heavy atom. The first-order valence-electron chi connectivity index (χ1n) is 11.2. The van der Waals surface area contributed by atoms with Gasteiger partial charge < -0.3 is 26.0 Å². The second kappa shape index (κ2) is 11.3. The van der Waals surface area contributed by atoms with E-state index in [1.54, 1.807) is 49.4 Å². The fraction of sp³-hybridized carbons (Fsp3) is 0.320. The molecule has 10 nitrogen and oxygen atoms in total. The number of benzene rings is 2. The molecule has 4 amide bonds. The number of carbonyl (C=O) groups is 5. The van der Waals surface area contributed by atoms with Gasteiger partial charge in [0.05, 0.1) is 5.92 Å². The van der Waals surface area contributed by atoms with E-state index in [0.717, 1.165) is 5.56 Å². The van der Waals surface area contributed by atoms with Gasteiger partial charge in [-0.05, 0) is 49.6 Å². The summed E-state index contributed by atoms with van der Waals surface area (Å²) in [6.45, 7) is 4.10. The van der Waals surface area contributed by atoms with Gasteiger partial charge in [0.25, 0.3) is 0 Å². The van der Waals surface area contributed by atoms with Crippen LogP contribution in [0.4, 0.5) is 16.2 Å². The van der Waals surface area contributed by atoms with E-state index in [1.165, 1.54) is 11.8 Å². The molecule has 1 aliphatic heterocycles. The molecule has 0 radical (unpaired) electrons. The normalized spacial score (nSPS) is 14.8. The molecule has 1 saturated heterocycles. The van der Waals surface area contributed by atoms with Crippen molar-refractivity contribution >= 4 is 41.0 Å². The third-order valence-electron chi connectivity index (χ3n) is 5.85. The molecule has 1 aliphatic rings. The first-order valence-corrected chi connectivity index (χ1v) is 11.2. The molecule has 35 heavy (non-hydrogen) atoms. The smallest absolute Gasteiger partial charge is 0.323 e. The number of nitrogens with one attached hydrogen (secondary N) is 3. The second-order valence-corrected chi connectivity index (χ2v) is 8.42. The van der Waals surface area contributed by atoms with Crippen LogP contribution in [-0.4, -0.2) is 52.7 Å². The van der Waals surface area contributed by atoms with Crippen LogP contribution in [0.3, 0.4) is 0 Å². The summed E-state index contributed by atoms with van der Waals surface area (Å²) in [5.74, 6) is -2.31. The number of rotatable bonds is 8. The van der Waals surface area contributed by atoms with E-state index in [1.807, 2.05) is 0 Å². The fourth-order valence-corrected chi connectivity index (χ4v) is 3.92. The van der Waals surface area contributed by atoms with Gasteiger partial charge >= 0.3 is 12.0 Å². The maximum Gasteiger partial charge on any atom is 0.323 e. The molecule has 0 bridgehead atoms. The van der Waals surface area contributed by atoms with Crippen LogP contribution in [0.5, 0.6) is 0 Å². The Morgan fingerprint density at radius 3 is 2.40 bits per heavy atom. The lowest BCUT2D eigenvalue weighted by Gasteiger charge is -2.15. The standard InChI is InChI=1S/C25H28N4O6/c1-15-20(16(2)30)4-3-5-21(15)28-25(35)27-19-8-6-17(7-9-19)13-26-24(34)18-10-11-29(14-18)22(31)12-23(32)33/h3-9,18H,10-14H2,1-2H3,(H,26,34)(H,32,33)(H2,27,28,35)/t18-/m0/s1. The molecule has 1 atom stereocenters. The maximum absolute atomic E-state index is 12.4. The predicted molar refractivity (Wildman–Crippen MR) is 129 cm³/mol. The van der Waals surface area contributed by atoms with Gasteiger partial charge in [0.1, 0.15) is 6.42 Å². The van der Waals surface area contributed by atoms with Gasteiger partial charge in [-0.1, -0.05) is 24.3 Å². The summed E-state index contributed by atoms with van der Waals surface area (Å²) in [5, 5.41) is 17.0. The number of carboxylic acids is 1. The third kappa shape index (κ3) is 6.89. The van der Waals surface area contributed by atoms with Crippen molar-refractivity contribution in [2.75, 3.05) is 23.7 Å². The monoisotopic (exact) mass is 480 g/mol. The number of Topliss-reactive ketones (excluding diaryl/α,β-unsaturated/α-hetero) is 1. The lowest BCUT2D eigenvalue weighted by atomic mass is 10.0. The number of nitrogens with zero attached hydrogens (tertiary/aromatic N) is 1. The summed E-state index contributed by atoms with van der Waals surface area (Å²) >= 11 is 0. The van der Waals surface area contributed by atoms with Crippen LogP contribution in [-0.2, 0) is 20.9 Å². The highest BCUT2D eigenvalue weighted by molar-refractivity contribution is 6.02. The Balaban J connectivity index is 1.47. The van der Waals surface area contributed by atoms with E-state index in [-0.39, 0.29) is 30.7 Å². The molecule has 10 heteroatoms. The van der Waals surface area contributed by atoms with E-state index in [4.69, 9.17) is 5.11 Å². The molecular formula is C25H28N4O6. The molecule has 0 saturated carbocycles. The minimum atomic E-state index is -1.18. The molecule has 0 aliphatic carbocycles. The van der Waals surface area contributed by atoms with Gasteiger partial charge in [0, 0.05) is 36.6 Å². The summed E-state index contributed by atoms with van der Waals surface area (Å²) in [7, 11) is 0. The highest BCUT2D eigenvalue weighted by Gasteiger charge is 2.31. The number of urea groups is 1. The lowest BCUT2D eigenvalue weighted by Crippen LogP contribution is -2.35. The number of likely N-dealkylation sites (tertiary alicyclic amines) is 1. The first kappa shape index (κ1) is 25.4. The van der Waals surface area contributed by atoms with Crippen molar-refractivity contribution in [2.24, 2.45) is 5.92 Å². The summed E-state index contributed by atoms with van der Waals surface area (Å²) in [4.78, 5) is 60.4. The zero-order valence-corrected chi connectivity index (χ0v) is 19.6. The van der Waals surface area contributed by atoms with Gasteiger partial charge in [-0.2, -0.15) is 0 Å². The Bertz CT molecular complexity index is 1150. The molecule has 1 fully saturated rings. The van der Waals surface area contributed by atoms with E-state index in [0.29, 0.717) is 35.5 Å². The van der Waals surface area contributed by atoms with E-state index in [2.05, 4.69) is 16.0 Å². The van der Waals surface area contributed by atoms with Crippen LogP contribution in [0.1, 0.15) is 41.3 Å². The Hall–Kier alpha value is -4.21. The number of amides is 4. The van der Waals surface area contributed by atoms with E-state index in [9.17, 15) is 24.0 Å². The van der Waals surface area contributed by atoms with Crippen molar-refractivity contribution in [1.29, 1.82) is 0 Å². The topological polar surface area (TPSA) is 145 Å². The van der Waals surface area contributed by atoms with Crippen molar-refractivity contribution in [3.63, 3.8) is 0 Å². The zero-order valence-electron chi connectivity index (χ0n) is 19.6. The lowest BCUT2D eigenvalue weighted by molar-refractivity contribution is -0.143. The van der Waals surface area contributed by atoms with Crippen LogP contribution < -0.4 is 16.0 Å². The molecule has 0 spiro atoms. The number of aliphatic carboxylic acids is 1. The number of hydrogen-bond donors (Lipinski definition) is 4. The summed E-state index contributed by atoms with van der Waals surface area (Å²) in [6, 6.07) is 11.7. The Kier molecular flexibility index (Phi) is 8.19. The van der Waals surface area contributed by atoms with Crippen LogP contribution in [0.25, 0.3) is 0 Å². The average Bonchev–Trinajstić information content (AvgIpc) is 3.30. The van der Waals surface area contributed by atoms with Gasteiger partial charge in [-0.15, -0.1) is 0 Å². The van der Waals surface area contributed by atoms with Crippen LogP contribution in [0, 0.1) is 12.8 Å². The zero-order chi connectivity index (χ0) is 25.5. The molecule has 2 aromatic rings. The van der Waals surface area contributed by atoms with Crippen LogP contribution in [0.2, 0.25) is 0 Å². The summed E-state index contributed by atoms with van der Waals surface area (Å²) < 4.78 is 0. The number of ketones is 1. The van der Waals surface area contributed by atoms with Crippen molar-refractivity contribution in [3.8, 4) is 0 Å². The van der Waals surface area contributed by atoms with Gasteiger partial charge in [-0.3, -0.25) is 19.2 Å². The molecule has 4 N–H and O–H groups in total. The second-order valence-electron chi connectivity index (χ2n) is 8.42. The van der Waals surface area contributed by atoms with Crippen molar-refractivity contribution < 1.29 is 29.1 Å². The van der Waals surface area contributed by atoms with Crippen molar-refractivity contribution in [1.82, 2.24) is 10.2 Å². The minimum Gasteiger partial charge on any atom is -0.481 e. The quantitative estimate of drug-likeness (QED) is 0.338. The highest BCUT2D eigenvalue weighted by atomic mass is 16.4. The Labute approximate surface area is 202 Å².